The summed E-state index contributed by atoms with van der Waals surface area (Å²) in [4.78, 5) is 16.2. The molecule has 1 fully saturated rings. The predicted octanol–water partition coefficient (Wildman–Crippen LogP) is 3.59. The van der Waals surface area contributed by atoms with Crippen LogP contribution in [0.4, 0.5) is 0 Å². The van der Waals surface area contributed by atoms with E-state index in [2.05, 4.69) is 4.98 Å². The van der Waals surface area contributed by atoms with E-state index in [1.807, 2.05) is 39.0 Å². The number of ether oxygens (including phenoxy) is 3. The number of aromatic nitrogens is 1. The quantitative estimate of drug-likeness (QED) is 0.558. The molecule has 1 aromatic heterocycles. The van der Waals surface area contributed by atoms with Gasteiger partial charge >= 0.3 is 0 Å². The van der Waals surface area contributed by atoms with E-state index < -0.39 is 10.0 Å². The lowest BCUT2D eigenvalue weighted by Gasteiger charge is -2.26. The van der Waals surface area contributed by atoms with Crippen LogP contribution in [-0.4, -0.2) is 50.2 Å². The molecule has 8 nitrogen and oxygen atoms in total. The smallest absolute Gasteiger partial charge is 0.252 e. The van der Waals surface area contributed by atoms with Gasteiger partial charge in [0.2, 0.25) is 10.0 Å². The highest BCUT2D eigenvalue weighted by Gasteiger charge is 2.32. The minimum absolute atomic E-state index is 0.0608. The zero-order valence-electron chi connectivity index (χ0n) is 20.2. The Kier molecular flexibility index (Phi) is 6.33. The van der Waals surface area contributed by atoms with Crippen LogP contribution >= 0.6 is 0 Å². The summed E-state index contributed by atoms with van der Waals surface area (Å²) < 4.78 is 46.4. The SMILES string of the molecule is Cc1cc(C)c(S(=O)(=O)N(Cc2cc3cc4c(cc3[nH]c2=O)OCCO4)C[C@@H]2CCCO2)c(C)c1. The molecule has 0 unspecified atom stereocenters. The number of aryl methyl sites for hydroxylation is 3. The molecule has 3 aromatic rings. The van der Waals surface area contributed by atoms with E-state index in [1.54, 1.807) is 12.1 Å². The lowest BCUT2D eigenvalue weighted by molar-refractivity contribution is 0.0925. The molecule has 186 valence electrons. The fourth-order valence-electron chi connectivity index (χ4n) is 5.06. The number of benzene rings is 2. The number of pyridine rings is 1. The highest BCUT2D eigenvalue weighted by atomic mass is 32.2. The summed E-state index contributed by atoms with van der Waals surface area (Å²) >= 11 is 0. The standard InChI is InChI=1S/C26H30N2O6S/c1-16-9-17(2)25(18(3)10-16)35(30,31)28(15-21-5-4-6-32-21)14-20-11-19-12-23-24(34-8-7-33-23)13-22(19)27-26(20)29/h9-13,21H,4-8,14-15H2,1-3H3,(H,27,29)/t21-/m0/s1. The molecule has 0 saturated carbocycles. The number of aromatic amines is 1. The highest BCUT2D eigenvalue weighted by molar-refractivity contribution is 7.89. The first-order chi connectivity index (χ1) is 16.7. The highest BCUT2D eigenvalue weighted by Crippen LogP contribution is 2.34. The molecule has 2 aromatic carbocycles. The van der Waals surface area contributed by atoms with Crippen molar-refractivity contribution in [1.29, 1.82) is 0 Å². The van der Waals surface area contributed by atoms with Crippen molar-refractivity contribution < 1.29 is 22.6 Å². The summed E-state index contributed by atoms with van der Waals surface area (Å²) in [5, 5.41) is 0.751. The second kappa shape index (κ2) is 9.29. The third-order valence-electron chi connectivity index (χ3n) is 6.56. The number of hydrogen-bond donors (Lipinski definition) is 1. The Balaban J connectivity index is 1.56. The molecule has 1 atom stereocenters. The van der Waals surface area contributed by atoms with Crippen LogP contribution in [0.5, 0.6) is 11.5 Å². The van der Waals surface area contributed by atoms with Gasteiger partial charge in [-0.2, -0.15) is 4.31 Å². The van der Waals surface area contributed by atoms with Gasteiger partial charge in [-0.15, -0.1) is 0 Å². The molecule has 0 spiro atoms. The fraction of sp³-hybridized carbons (Fsp3) is 0.423. The summed E-state index contributed by atoms with van der Waals surface area (Å²) in [5.74, 6) is 1.19. The first kappa shape index (κ1) is 23.8. The van der Waals surface area contributed by atoms with E-state index in [0.29, 0.717) is 53.5 Å². The molecule has 0 aliphatic carbocycles. The van der Waals surface area contributed by atoms with E-state index in [0.717, 1.165) is 23.8 Å². The summed E-state index contributed by atoms with van der Waals surface area (Å²) in [6.07, 6.45) is 1.48. The average molecular weight is 499 g/mol. The molecule has 3 heterocycles. The van der Waals surface area contributed by atoms with Crippen LogP contribution in [0.15, 0.2) is 40.0 Å². The van der Waals surface area contributed by atoms with Gasteiger partial charge in [-0.3, -0.25) is 4.79 Å². The second-order valence-corrected chi connectivity index (χ2v) is 11.2. The van der Waals surface area contributed by atoms with E-state index in [-0.39, 0.29) is 29.6 Å². The summed E-state index contributed by atoms with van der Waals surface area (Å²) in [6.45, 7) is 7.22. The van der Waals surface area contributed by atoms with Gasteiger partial charge in [-0.25, -0.2) is 8.42 Å². The van der Waals surface area contributed by atoms with Crippen molar-refractivity contribution in [3.05, 3.63) is 62.9 Å². The van der Waals surface area contributed by atoms with Crippen molar-refractivity contribution in [1.82, 2.24) is 9.29 Å². The van der Waals surface area contributed by atoms with Gasteiger partial charge in [0.15, 0.2) is 11.5 Å². The molecule has 2 aliphatic rings. The van der Waals surface area contributed by atoms with E-state index >= 15 is 0 Å². The normalized spacial score (nSPS) is 17.9. The van der Waals surface area contributed by atoms with E-state index in [9.17, 15) is 13.2 Å². The number of H-pyrrole nitrogens is 1. The zero-order chi connectivity index (χ0) is 24.7. The zero-order valence-corrected chi connectivity index (χ0v) is 21.0. The van der Waals surface area contributed by atoms with Crippen molar-refractivity contribution in [3.63, 3.8) is 0 Å². The largest absolute Gasteiger partial charge is 0.486 e. The van der Waals surface area contributed by atoms with Crippen LogP contribution in [0.2, 0.25) is 0 Å². The summed E-state index contributed by atoms with van der Waals surface area (Å²) in [6, 6.07) is 9.04. The van der Waals surface area contributed by atoms with Gasteiger partial charge in [0.05, 0.1) is 16.5 Å². The molecule has 35 heavy (non-hydrogen) atoms. The molecule has 5 rings (SSSR count). The minimum atomic E-state index is -3.89. The molecular formula is C26H30N2O6S. The molecule has 1 saturated heterocycles. The maximum atomic E-state index is 14.0. The molecule has 9 heteroatoms. The number of nitrogens with one attached hydrogen (secondary N) is 1. The molecular weight excluding hydrogens is 468 g/mol. The monoisotopic (exact) mass is 498 g/mol. The molecule has 0 amide bonds. The van der Waals surface area contributed by atoms with Crippen LogP contribution in [0.3, 0.4) is 0 Å². The van der Waals surface area contributed by atoms with Crippen molar-refractivity contribution in [2.75, 3.05) is 26.4 Å². The van der Waals surface area contributed by atoms with Crippen LogP contribution < -0.4 is 15.0 Å². The second-order valence-electron chi connectivity index (χ2n) is 9.37. The van der Waals surface area contributed by atoms with Crippen molar-refractivity contribution in [2.24, 2.45) is 0 Å². The molecule has 0 bridgehead atoms. The lowest BCUT2D eigenvalue weighted by atomic mass is 10.1. The Morgan fingerprint density at radius 1 is 0.971 bits per heavy atom. The molecule has 0 radical (unpaired) electrons. The maximum Gasteiger partial charge on any atom is 0.252 e. The van der Waals surface area contributed by atoms with Crippen molar-refractivity contribution in [2.45, 2.75) is 51.2 Å². The number of fused-ring (bicyclic) bond motifs is 2. The van der Waals surface area contributed by atoms with Crippen LogP contribution in [0.25, 0.3) is 10.9 Å². The molecule has 1 N–H and O–H groups in total. The third kappa shape index (κ3) is 4.68. The summed E-state index contributed by atoms with van der Waals surface area (Å²) in [7, 11) is -3.89. The molecule has 2 aliphatic heterocycles. The van der Waals surface area contributed by atoms with E-state index in [4.69, 9.17) is 14.2 Å². The maximum absolute atomic E-state index is 14.0. The van der Waals surface area contributed by atoms with Crippen LogP contribution in [-0.2, 0) is 21.3 Å². The number of rotatable bonds is 6. The van der Waals surface area contributed by atoms with Gasteiger partial charge in [0.25, 0.3) is 5.56 Å². The first-order valence-electron chi connectivity index (χ1n) is 11.9. The Morgan fingerprint density at radius 2 is 1.66 bits per heavy atom. The lowest BCUT2D eigenvalue weighted by Crippen LogP contribution is -2.39. The van der Waals surface area contributed by atoms with Gasteiger partial charge in [0, 0.05) is 36.7 Å². The number of nitrogens with zero attached hydrogens (tertiary/aromatic N) is 1. The number of sulfonamides is 1. The third-order valence-corrected chi connectivity index (χ3v) is 8.68. The van der Waals surface area contributed by atoms with Gasteiger partial charge in [0.1, 0.15) is 13.2 Å². The number of hydrogen-bond acceptors (Lipinski definition) is 6. The van der Waals surface area contributed by atoms with Gasteiger partial charge < -0.3 is 19.2 Å². The minimum Gasteiger partial charge on any atom is -0.486 e. The van der Waals surface area contributed by atoms with Gasteiger partial charge in [-0.05, 0) is 56.9 Å². The van der Waals surface area contributed by atoms with E-state index in [1.165, 1.54) is 4.31 Å². The Bertz CT molecular complexity index is 1420. The van der Waals surface area contributed by atoms with Crippen molar-refractivity contribution in [3.8, 4) is 11.5 Å². The van der Waals surface area contributed by atoms with Crippen molar-refractivity contribution >= 4 is 20.9 Å². The Labute approximate surface area is 204 Å². The summed E-state index contributed by atoms with van der Waals surface area (Å²) in [5.41, 5.74) is 3.02. The van der Waals surface area contributed by atoms with Crippen LogP contribution in [0, 0.1) is 20.8 Å². The van der Waals surface area contributed by atoms with Gasteiger partial charge in [-0.1, -0.05) is 17.7 Å². The predicted molar refractivity (Wildman–Crippen MR) is 133 cm³/mol. The fourth-order valence-corrected chi connectivity index (χ4v) is 6.92. The Morgan fingerprint density at radius 3 is 2.31 bits per heavy atom. The topological polar surface area (TPSA) is 97.9 Å². The Hall–Kier alpha value is -2.88. The van der Waals surface area contributed by atoms with Crippen LogP contribution in [0.1, 0.15) is 35.1 Å². The average Bonchev–Trinajstić information content (AvgIpc) is 3.30. The first-order valence-corrected chi connectivity index (χ1v) is 13.3.